The zero-order valence-corrected chi connectivity index (χ0v) is 29.7. The number of aromatic nitrogens is 1. The van der Waals surface area contributed by atoms with E-state index >= 15 is 0 Å². The van der Waals surface area contributed by atoms with Gasteiger partial charge in [0.1, 0.15) is 12.1 Å². The Bertz CT molecular complexity index is 1510. The van der Waals surface area contributed by atoms with E-state index in [4.69, 9.17) is 0 Å². The van der Waals surface area contributed by atoms with E-state index in [-0.39, 0.29) is 36.2 Å². The molecule has 2 fully saturated rings. The summed E-state index contributed by atoms with van der Waals surface area (Å²) in [5.74, 6) is -2.34. The number of Topliss-reactive ketones (excluding diaryl/α,β-unsaturated/α-hetero) is 1. The van der Waals surface area contributed by atoms with Crippen molar-refractivity contribution >= 4 is 57.0 Å². The van der Waals surface area contributed by atoms with Gasteiger partial charge in [0.15, 0.2) is 5.01 Å². The van der Waals surface area contributed by atoms with Crippen molar-refractivity contribution in [2.24, 2.45) is 11.3 Å². The van der Waals surface area contributed by atoms with Crippen LogP contribution in [0.1, 0.15) is 90.4 Å². The number of carbonyl (C=O) groups is 6. The van der Waals surface area contributed by atoms with Gasteiger partial charge in [-0.05, 0) is 64.0 Å². The van der Waals surface area contributed by atoms with Gasteiger partial charge < -0.3 is 31.5 Å². The molecular formula is C34H49N7O6S. The van der Waals surface area contributed by atoms with Gasteiger partial charge in [0.25, 0.3) is 0 Å². The number of hydrogen-bond acceptors (Lipinski definition) is 8. The SMILES string of the molecule is CCCC(=O)N[C@@H]1C[C@@H](C(=O)N[C@@H](C[C@H]2CCNC2=O)C(=O)c2nc3ccccc3s2)N(C(=O)[C@@H](NC(=O)NC(C)(C)C)C(C)(C)C)C1. The number of nitrogens with one attached hydrogen (secondary N) is 5. The Kier molecular flexibility index (Phi) is 11.5. The number of urea groups is 1. The van der Waals surface area contributed by atoms with E-state index in [0.717, 1.165) is 4.70 Å². The number of hydrogen-bond donors (Lipinski definition) is 5. The highest BCUT2D eigenvalue weighted by molar-refractivity contribution is 7.20. The first kappa shape index (κ1) is 36.8. The summed E-state index contributed by atoms with van der Waals surface area (Å²) in [7, 11) is 0. The van der Waals surface area contributed by atoms with Gasteiger partial charge in [0, 0.05) is 37.0 Å². The monoisotopic (exact) mass is 683 g/mol. The Balaban J connectivity index is 1.63. The second-order valence-corrected chi connectivity index (χ2v) is 15.9. The molecule has 1 aromatic carbocycles. The second kappa shape index (κ2) is 15.0. The molecule has 262 valence electrons. The summed E-state index contributed by atoms with van der Waals surface area (Å²) >= 11 is 1.21. The third-order valence-corrected chi connectivity index (χ3v) is 9.48. The van der Waals surface area contributed by atoms with Crippen molar-refractivity contribution in [1.29, 1.82) is 0 Å². The molecule has 0 spiro atoms. The molecule has 0 aliphatic carbocycles. The summed E-state index contributed by atoms with van der Waals surface area (Å²) in [6, 6.07) is 3.15. The van der Waals surface area contributed by atoms with E-state index in [1.807, 2.05) is 66.7 Å². The van der Waals surface area contributed by atoms with Crippen molar-refractivity contribution in [2.45, 2.75) is 110 Å². The Morgan fingerprint density at radius 1 is 1.06 bits per heavy atom. The minimum atomic E-state index is -1.08. The fourth-order valence-electron chi connectivity index (χ4n) is 6.06. The molecule has 2 saturated heterocycles. The maximum Gasteiger partial charge on any atom is 0.315 e. The van der Waals surface area contributed by atoms with E-state index in [2.05, 4.69) is 31.6 Å². The molecule has 4 rings (SSSR count). The van der Waals surface area contributed by atoms with E-state index < -0.39 is 64.7 Å². The molecule has 48 heavy (non-hydrogen) atoms. The number of thiazole rings is 1. The molecule has 5 N–H and O–H groups in total. The van der Waals surface area contributed by atoms with Crippen molar-refractivity contribution in [1.82, 2.24) is 36.5 Å². The van der Waals surface area contributed by atoms with Crippen LogP contribution in [0.5, 0.6) is 0 Å². The normalized spacial score (nSPS) is 20.9. The quantitative estimate of drug-likeness (QED) is 0.226. The molecule has 13 nitrogen and oxygen atoms in total. The second-order valence-electron chi connectivity index (χ2n) is 14.8. The molecular weight excluding hydrogens is 634 g/mol. The largest absolute Gasteiger partial charge is 0.356 e. The number of likely N-dealkylation sites (tertiary alicyclic amines) is 1. The number of nitrogens with zero attached hydrogens (tertiary/aromatic N) is 2. The van der Waals surface area contributed by atoms with Crippen LogP contribution in [-0.2, 0) is 19.2 Å². The average molecular weight is 684 g/mol. The van der Waals surface area contributed by atoms with Crippen LogP contribution in [0.2, 0.25) is 0 Å². The third-order valence-electron chi connectivity index (χ3n) is 8.43. The van der Waals surface area contributed by atoms with Crippen LogP contribution in [0.25, 0.3) is 10.2 Å². The van der Waals surface area contributed by atoms with Crippen LogP contribution in [0.15, 0.2) is 24.3 Å². The topological polar surface area (TPSA) is 179 Å². The van der Waals surface area contributed by atoms with Crippen LogP contribution in [0.4, 0.5) is 4.79 Å². The summed E-state index contributed by atoms with van der Waals surface area (Å²) < 4.78 is 0.819. The van der Waals surface area contributed by atoms with Gasteiger partial charge >= 0.3 is 6.03 Å². The highest BCUT2D eigenvalue weighted by Crippen LogP contribution is 2.28. The van der Waals surface area contributed by atoms with Gasteiger partial charge in [0.05, 0.1) is 16.3 Å². The molecule has 0 radical (unpaired) electrons. The van der Waals surface area contributed by atoms with Crippen molar-refractivity contribution in [3.05, 3.63) is 29.3 Å². The Morgan fingerprint density at radius 3 is 2.38 bits per heavy atom. The first-order chi connectivity index (χ1) is 22.5. The van der Waals surface area contributed by atoms with Gasteiger partial charge in [-0.1, -0.05) is 39.8 Å². The third kappa shape index (κ3) is 9.30. The first-order valence-corrected chi connectivity index (χ1v) is 17.4. The first-order valence-electron chi connectivity index (χ1n) is 16.6. The average Bonchev–Trinajstić information content (AvgIpc) is 3.72. The molecule has 6 amide bonds. The molecule has 14 heteroatoms. The Morgan fingerprint density at radius 2 is 1.77 bits per heavy atom. The zero-order chi connectivity index (χ0) is 35.4. The molecule has 0 unspecified atom stereocenters. The number of carbonyl (C=O) groups excluding carboxylic acids is 6. The molecule has 3 heterocycles. The summed E-state index contributed by atoms with van der Waals surface area (Å²) in [4.78, 5) is 86.4. The van der Waals surface area contributed by atoms with Crippen molar-refractivity contribution < 1.29 is 28.8 Å². The van der Waals surface area contributed by atoms with E-state index in [1.165, 1.54) is 16.2 Å². The van der Waals surface area contributed by atoms with Crippen molar-refractivity contribution in [2.75, 3.05) is 13.1 Å². The maximum absolute atomic E-state index is 14.3. The highest BCUT2D eigenvalue weighted by atomic mass is 32.1. The lowest BCUT2D eigenvalue weighted by atomic mass is 9.85. The number of para-hydroxylation sites is 1. The molecule has 2 aliphatic rings. The number of fused-ring (bicyclic) bond motifs is 1. The van der Waals surface area contributed by atoms with Crippen LogP contribution >= 0.6 is 11.3 Å². The number of rotatable bonds is 11. The maximum atomic E-state index is 14.3. The summed E-state index contributed by atoms with van der Waals surface area (Å²) in [5, 5.41) is 14.4. The zero-order valence-electron chi connectivity index (χ0n) is 28.9. The molecule has 5 atom stereocenters. The Labute approximate surface area is 285 Å². The predicted octanol–water partition coefficient (Wildman–Crippen LogP) is 2.89. The van der Waals surface area contributed by atoms with Gasteiger partial charge in [-0.25, -0.2) is 9.78 Å². The molecule has 1 aromatic heterocycles. The smallest absolute Gasteiger partial charge is 0.315 e. The summed E-state index contributed by atoms with van der Waals surface area (Å²) in [5.41, 5.74) is -0.636. The van der Waals surface area contributed by atoms with Gasteiger partial charge in [-0.2, -0.15) is 0 Å². The van der Waals surface area contributed by atoms with E-state index in [1.54, 1.807) is 6.07 Å². The lowest BCUT2D eigenvalue weighted by molar-refractivity contribution is -0.142. The fraction of sp³-hybridized carbons (Fsp3) is 0.618. The Hall–Kier alpha value is -4.07. The number of amides is 6. The van der Waals surface area contributed by atoms with Gasteiger partial charge in [0.2, 0.25) is 29.4 Å². The lowest BCUT2D eigenvalue weighted by Crippen LogP contribution is -2.61. The van der Waals surface area contributed by atoms with Gasteiger partial charge in [-0.15, -0.1) is 11.3 Å². The van der Waals surface area contributed by atoms with Crippen molar-refractivity contribution in [3.63, 3.8) is 0 Å². The van der Waals surface area contributed by atoms with Gasteiger partial charge in [-0.3, -0.25) is 24.0 Å². The predicted molar refractivity (Wildman–Crippen MR) is 183 cm³/mol. The minimum absolute atomic E-state index is 0.0447. The van der Waals surface area contributed by atoms with Crippen LogP contribution < -0.4 is 26.6 Å². The lowest BCUT2D eigenvalue weighted by Gasteiger charge is -2.36. The molecule has 0 bridgehead atoms. The molecule has 2 aliphatic heterocycles. The standard InChI is InChI=1S/C34H49N7O6S/c1-8-11-25(42)36-20-17-23(41(18-20)31(46)27(33(2,3)4)39-32(47)40-34(5,6)7)29(45)37-22(16-19-14-15-35-28(19)44)26(43)30-38-21-12-9-10-13-24(21)48-30/h9-10,12-13,19-20,22-23,27H,8,11,14-18H2,1-7H3,(H,35,44)(H,36,42)(H,37,45)(H2,39,40,47)/t19-,20-,22+,23+,27-/m1/s1. The molecule has 0 saturated carbocycles. The van der Waals surface area contributed by atoms with E-state index in [0.29, 0.717) is 31.3 Å². The van der Waals surface area contributed by atoms with Crippen LogP contribution in [0.3, 0.4) is 0 Å². The van der Waals surface area contributed by atoms with Crippen LogP contribution in [0, 0.1) is 11.3 Å². The molecule has 2 aromatic rings. The minimum Gasteiger partial charge on any atom is -0.356 e. The fourth-order valence-corrected chi connectivity index (χ4v) is 7.02. The summed E-state index contributed by atoms with van der Waals surface area (Å²) in [6.07, 6.45) is 1.64. The number of ketones is 1. The van der Waals surface area contributed by atoms with E-state index in [9.17, 15) is 28.8 Å². The highest BCUT2D eigenvalue weighted by Gasteiger charge is 2.46. The summed E-state index contributed by atoms with van der Waals surface area (Å²) in [6.45, 7) is 13.3. The van der Waals surface area contributed by atoms with Crippen LogP contribution in [-0.4, -0.2) is 88.1 Å². The number of benzene rings is 1. The van der Waals surface area contributed by atoms with Crippen molar-refractivity contribution in [3.8, 4) is 0 Å².